The Hall–Kier alpha value is -2.33. The minimum Gasteiger partial charge on any atom is -0.487 e. The zero-order chi connectivity index (χ0) is 14.5. The summed E-state index contributed by atoms with van der Waals surface area (Å²) in [6.07, 6.45) is 1.88. The number of benzene rings is 2. The zero-order valence-corrected chi connectivity index (χ0v) is 12.1. The van der Waals surface area contributed by atoms with E-state index >= 15 is 0 Å². The molecule has 0 saturated carbocycles. The standard InChI is InChI=1S/C16H14ClN3O/c17-14-6-4-5-13(9-14)10-20-11-15(18-19-20)12-21-16-7-2-1-3-8-16/h1-9,11H,10,12H2. The van der Waals surface area contributed by atoms with Crippen LogP contribution in [0.15, 0.2) is 60.8 Å². The minimum atomic E-state index is 0.402. The number of halogens is 1. The van der Waals surface area contributed by atoms with Gasteiger partial charge in [0.25, 0.3) is 0 Å². The first-order valence-corrected chi connectivity index (χ1v) is 6.99. The molecule has 0 N–H and O–H groups in total. The molecule has 2 aromatic carbocycles. The van der Waals surface area contributed by atoms with Gasteiger partial charge in [0, 0.05) is 5.02 Å². The van der Waals surface area contributed by atoms with Gasteiger partial charge in [-0.1, -0.05) is 47.1 Å². The Labute approximate surface area is 127 Å². The zero-order valence-electron chi connectivity index (χ0n) is 11.3. The lowest BCUT2D eigenvalue weighted by Gasteiger charge is -2.02. The van der Waals surface area contributed by atoms with Gasteiger partial charge in [0.2, 0.25) is 0 Å². The molecule has 0 aliphatic carbocycles. The quantitative estimate of drug-likeness (QED) is 0.723. The smallest absolute Gasteiger partial charge is 0.134 e. The average Bonchev–Trinajstić information content (AvgIpc) is 2.94. The van der Waals surface area contributed by atoms with Crippen LogP contribution in [0.25, 0.3) is 0 Å². The SMILES string of the molecule is Clc1cccc(Cn2cc(COc3ccccc3)nn2)c1. The van der Waals surface area contributed by atoms with Gasteiger partial charge in [-0.3, -0.25) is 0 Å². The Morgan fingerprint density at radius 1 is 1.05 bits per heavy atom. The summed E-state index contributed by atoms with van der Waals surface area (Å²) in [7, 11) is 0. The van der Waals surface area contributed by atoms with Gasteiger partial charge >= 0.3 is 0 Å². The molecular formula is C16H14ClN3O. The normalized spacial score (nSPS) is 10.5. The number of hydrogen-bond acceptors (Lipinski definition) is 3. The summed E-state index contributed by atoms with van der Waals surface area (Å²) in [5, 5.41) is 8.92. The molecule has 4 nitrogen and oxygen atoms in total. The molecule has 0 unspecified atom stereocenters. The van der Waals surface area contributed by atoms with Crippen LogP contribution in [-0.2, 0) is 13.2 Å². The van der Waals surface area contributed by atoms with Gasteiger partial charge in [-0.2, -0.15) is 0 Å². The summed E-state index contributed by atoms with van der Waals surface area (Å²) >= 11 is 5.97. The van der Waals surface area contributed by atoms with Gasteiger partial charge in [0.1, 0.15) is 18.1 Å². The van der Waals surface area contributed by atoms with Crippen molar-refractivity contribution >= 4 is 11.6 Å². The maximum Gasteiger partial charge on any atom is 0.134 e. The van der Waals surface area contributed by atoms with E-state index in [9.17, 15) is 0 Å². The molecule has 1 heterocycles. The molecule has 0 aliphatic rings. The van der Waals surface area contributed by atoms with Gasteiger partial charge in [0.15, 0.2) is 0 Å². The Bertz CT molecular complexity index is 712. The third-order valence-electron chi connectivity index (χ3n) is 2.95. The minimum absolute atomic E-state index is 0.402. The molecule has 0 bridgehead atoms. The van der Waals surface area contributed by atoms with Gasteiger partial charge in [-0.25, -0.2) is 4.68 Å². The first-order chi connectivity index (χ1) is 10.3. The third kappa shape index (κ3) is 3.83. The van der Waals surface area contributed by atoms with E-state index in [0.29, 0.717) is 13.2 Å². The van der Waals surface area contributed by atoms with Gasteiger partial charge in [0.05, 0.1) is 12.7 Å². The van der Waals surface area contributed by atoms with Crippen molar-refractivity contribution in [3.8, 4) is 5.75 Å². The first kappa shape index (κ1) is 13.6. The molecule has 3 aromatic rings. The van der Waals surface area contributed by atoms with E-state index in [1.807, 2.05) is 60.8 Å². The van der Waals surface area contributed by atoms with Crippen molar-refractivity contribution in [1.29, 1.82) is 0 Å². The van der Waals surface area contributed by atoms with Crippen molar-refractivity contribution in [1.82, 2.24) is 15.0 Å². The van der Waals surface area contributed by atoms with Crippen LogP contribution in [0.2, 0.25) is 5.02 Å². The summed E-state index contributed by atoms with van der Waals surface area (Å²) in [5.74, 6) is 0.821. The number of nitrogens with zero attached hydrogens (tertiary/aromatic N) is 3. The summed E-state index contributed by atoms with van der Waals surface area (Å²) in [4.78, 5) is 0. The highest BCUT2D eigenvalue weighted by atomic mass is 35.5. The monoisotopic (exact) mass is 299 g/mol. The van der Waals surface area contributed by atoms with Crippen LogP contribution in [0.4, 0.5) is 0 Å². The molecule has 21 heavy (non-hydrogen) atoms. The van der Waals surface area contributed by atoms with E-state index in [0.717, 1.165) is 22.0 Å². The molecule has 0 spiro atoms. The van der Waals surface area contributed by atoms with Crippen molar-refractivity contribution in [2.45, 2.75) is 13.2 Å². The topological polar surface area (TPSA) is 39.9 Å². The number of hydrogen-bond donors (Lipinski definition) is 0. The van der Waals surface area contributed by atoms with Crippen LogP contribution in [0.3, 0.4) is 0 Å². The molecule has 0 atom stereocenters. The fourth-order valence-corrected chi connectivity index (χ4v) is 2.19. The second kappa shape index (κ2) is 6.41. The lowest BCUT2D eigenvalue weighted by Crippen LogP contribution is -2.00. The second-order valence-corrected chi connectivity index (χ2v) is 5.08. The van der Waals surface area contributed by atoms with Crippen LogP contribution in [0.5, 0.6) is 5.75 Å². The van der Waals surface area contributed by atoms with E-state index in [4.69, 9.17) is 16.3 Å². The van der Waals surface area contributed by atoms with E-state index in [-0.39, 0.29) is 0 Å². The van der Waals surface area contributed by atoms with Crippen LogP contribution in [0, 0.1) is 0 Å². The fourth-order valence-electron chi connectivity index (χ4n) is 1.98. The molecule has 0 aliphatic heterocycles. The lowest BCUT2D eigenvalue weighted by molar-refractivity contribution is 0.301. The Morgan fingerprint density at radius 2 is 1.90 bits per heavy atom. The molecule has 0 saturated heterocycles. The van der Waals surface area contributed by atoms with Crippen LogP contribution in [-0.4, -0.2) is 15.0 Å². The Morgan fingerprint density at radius 3 is 2.71 bits per heavy atom. The molecule has 0 amide bonds. The van der Waals surface area contributed by atoms with Crippen molar-refractivity contribution in [2.75, 3.05) is 0 Å². The van der Waals surface area contributed by atoms with E-state index in [1.165, 1.54) is 0 Å². The van der Waals surface area contributed by atoms with E-state index < -0.39 is 0 Å². The Kier molecular flexibility index (Phi) is 4.17. The molecular weight excluding hydrogens is 286 g/mol. The predicted molar refractivity (Wildman–Crippen MR) is 81.4 cm³/mol. The van der Waals surface area contributed by atoms with Gasteiger partial charge in [-0.05, 0) is 29.8 Å². The van der Waals surface area contributed by atoms with E-state index in [1.54, 1.807) is 4.68 Å². The summed E-state index contributed by atoms with van der Waals surface area (Å²) in [6.45, 7) is 1.04. The van der Waals surface area contributed by atoms with Gasteiger partial charge in [-0.15, -0.1) is 5.10 Å². The van der Waals surface area contributed by atoms with Crippen LogP contribution < -0.4 is 4.74 Å². The van der Waals surface area contributed by atoms with Crippen molar-refractivity contribution < 1.29 is 4.74 Å². The van der Waals surface area contributed by atoms with Crippen molar-refractivity contribution in [2.24, 2.45) is 0 Å². The summed E-state index contributed by atoms with van der Waals surface area (Å²) in [5.41, 5.74) is 1.88. The molecule has 106 valence electrons. The molecule has 3 rings (SSSR count). The van der Waals surface area contributed by atoms with E-state index in [2.05, 4.69) is 10.3 Å². The molecule has 0 fully saturated rings. The summed E-state index contributed by atoms with van der Waals surface area (Å²) < 4.78 is 7.41. The highest BCUT2D eigenvalue weighted by Gasteiger charge is 2.03. The average molecular weight is 300 g/mol. The third-order valence-corrected chi connectivity index (χ3v) is 3.18. The molecule has 0 radical (unpaired) electrons. The number of para-hydroxylation sites is 1. The maximum absolute atomic E-state index is 5.97. The van der Waals surface area contributed by atoms with Crippen molar-refractivity contribution in [3.05, 3.63) is 77.1 Å². The largest absolute Gasteiger partial charge is 0.487 e. The lowest BCUT2D eigenvalue weighted by atomic mass is 10.2. The highest BCUT2D eigenvalue weighted by Crippen LogP contribution is 2.13. The number of rotatable bonds is 5. The van der Waals surface area contributed by atoms with Crippen LogP contribution in [0.1, 0.15) is 11.3 Å². The predicted octanol–water partition coefficient (Wildman–Crippen LogP) is 3.56. The summed E-state index contributed by atoms with van der Waals surface area (Å²) in [6, 6.07) is 17.4. The molecule has 1 aromatic heterocycles. The highest BCUT2D eigenvalue weighted by molar-refractivity contribution is 6.30. The maximum atomic E-state index is 5.97. The molecule has 5 heteroatoms. The first-order valence-electron chi connectivity index (χ1n) is 6.61. The fraction of sp³-hybridized carbons (Fsp3) is 0.125. The second-order valence-electron chi connectivity index (χ2n) is 4.64. The Balaban J connectivity index is 1.61. The number of aromatic nitrogens is 3. The number of ether oxygens (including phenoxy) is 1. The van der Waals surface area contributed by atoms with Gasteiger partial charge < -0.3 is 4.74 Å². The van der Waals surface area contributed by atoms with Crippen molar-refractivity contribution in [3.63, 3.8) is 0 Å². The van der Waals surface area contributed by atoms with Crippen LogP contribution >= 0.6 is 11.6 Å².